The quantitative estimate of drug-likeness (QED) is 0.804. The number of anilines is 1. The van der Waals surface area contributed by atoms with E-state index in [0.717, 1.165) is 25.9 Å². The van der Waals surface area contributed by atoms with Gasteiger partial charge in [-0.25, -0.2) is 4.98 Å². The summed E-state index contributed by atoms with van der Waals surface area (Å²) in [5.41, 5.74) is 0.953. The highest BCUT2D eigenvalue weighted by molar-refractivity contribution is 5.95. The molecule has 2 N–H and O–H groups in total. The maximum absolute atomic E-state index is 12.6. The Bertz CT molecular complexity index is 870. The molecule has 2 aliphatic heterocycles. The predicted octanol–water partition coefficient (Wildman–Crippen LogP) is 1.08. The van der Waals surface area contributed by atoms with E-state index in [-0.39, 0.29) is 17.9 Å². The number of hydrogen-bond acceptors (Lipinski definition) is 6. The van der Waals surface area contributed by atoms with Gasteiger partial charge in [-0.2, -0.15) is 0 Å². The van der Waals surface area contributed by atoms with Gasteiger partial charge in [0.05, 0.1) is 12.1 Å². The lowest BCUT2D eigenvalue weighted by atomic mass is 10.0. The van der Waals surface area contributed by atoms with E-state index in [2.05, 4.69) is 15.3 Å². The van der Waals surface area contributed by atoms with Crippen molar-refractivity contribution in [2.75, 3.05) is 31.1 Å². The highest BCUT2D eigenvalue weighted by Crippen LogP contribution is 2.21. The van der Waals surface area contributed by atoms with Crippen LogP contribution in [0, 0.1) is 0 Å². The van der Waals surface area contributed by atoms with Gasteiger partial charge in [0.15, 0.2) is 0 Å². The Balaban J connectivity index is 1.39. The molecule has 152 valence electrons. The number of hydrogen-bond donors (Lipinski definition) is 2. The number of aliphatic hydroxyl groups excluding tert-OH is 1. The SMILES string of the molecule is O=C(N[C@@H]1CCN(c2cc(C(=O)N3CCCC3)ccn2)C[C@H]1O)c1ccccn1. The van der Waals surface area contributed by atoms with Crippen molar-refractivity contribution < 1.29 is 14.7 Å². The smallest absolute Gasteiger partial charge is 0.270 e. The summed E-state index contributed by atoms with van der Waals surface area (Å²) in [6.45, 7) is 2.56. The van der Waals surface area contributed by atoms with Crippen LogP contribution in [0.2, 0.25) is 0 Å². The molecule has 0 radical (unpaired) electrons. The van der Waals surface area contributed by atoms with Crippen molar-refractivity contribution >= 4 is 17.6 Å². The summed E-state index contributed by atoms with van der Waals surface area (Å²) < 4.78 is 0. The summed E-state index contributed by atoms with van der Waals surface area (Å²) in [6, 6.07) is 8.32. The first-order valence-electron chi connectivity index (χ1n) is 10.0. The van der Waals surface area contributed by atoms with E-state index in [1.165, 1.54) is 0 Å². The summed E-state index contributed by atoms with van der Waals surface area (Å²) in [7, 11) is 0. The van der Waals surface area contributed by atoms with Gasteiger partial charge in [0.1, 0.15) is 11.5 Å². The molecule has 0 aromatic carbocycles. The molecule has 4 rings (SSSR count). The normalized spacial score (nSPS) is 21.8. The average molecular weight is 395 g/mol. The zero-order valence-electron chi connectivity index (χ0n) is 16.2. The molecule has 2 saturated heterocycles. The highest BCUT2D eigenvalue weighted by atomic mass is 16.3. The number of amides is 2. The van der Waals surface area contributed by atoms with E-state index in [0.29, 0.717) is 36.6 Å². The fourth-order valence-corrected chi connectivity index (χ4v) is 3.87. The molecule has 0 aliphatic carbocycles. The monoisotopic (exact) mass is 395 g/mol. The summed E-state index contributed by atoms with van der Waals surface area (Å²) in [5, 5.41) is 13.4. The molecule has 0 unspecified atom stereocenters. The molecule has 2 atom stereocenters. The second kappa shape index (κ2) is 8.57. The molecule has 4 heterocycles. The molecule has 2 aromatic heterocycles. The second-order valence-corrected chi connectivity index (χ2v) is 7.50. The highest BCUT2D eigenvalue weighted by Gasteiger charge is 2.30. The van der Waals surface area contributed by atoms with Gasteiger partial charge in [0.25, 0.3) is 11.8 Å². The van der Waals surface area contributed by atoms with Crippen molar-refractivity contribution in [3.63, 3.8) is 0 Å². The summed E-state index contributed by atoms with van der Waals surface area (Å²) >= 11 is 0. The van der Waals surface area contributed by atoms with E-state index in [9.17, 15) is 14.7 Å². The number of piperidine rings is 1. The van der Waals surface area contributed by atoms with Crippen LogP contribution in [0.1, 0.15) is 40.1 Å². The molecular formula is C21H25N5O3. The minimum Gasteiger partial charge on any atom is -0.389 e. The molecule has 2 fully saturated rings. The van der Waals surface area contributed by atoms with Gasteiger partial charge in [-0.3, -0.25) is 14.6 Å². The van der Waals surface area contributed by atoms with Crippen molar-refractivity contribution in [3.8, 4) is 0 Å². The lowest BCUT2D eigenvalue weighted by Crippen LogP contribution is -2.54. The van der Waals surface area contributed by atoms with Crippen molar-refractivity contribution in [3.05, 3.63) is 54.0 Å². The lowest BCUT2D eigenvalue weighted by molar-refractivity contribution is 0.0785. The predicted molar refractivity (Wildman–Crippen MR) is 108 cm³/mol. The molecule has 8 nitrogen and oxygen atoms in total. The van der Waals surface area contributed by atoms with Crippen LogP contribution in [0.25, 0.3) is 0 Å². The van der Waals surface area contributed by atoms with E-state index >= 15 is 0 Å². The molecule has 29 heavy (non-hydrogen) atoms. The third-order valence-electron chi connectivity index (χ3n) is 5.51. The Morgan fingerprint density at radius 3 is 2.62 bits per heavy atom. The van der Waals surface area contributed by atoms with Crippen LogP contribution in [0.15, 0.2) is 42.7 Å². The van der Waals surface area contributed by atoms with Crippen LogP contribution in [0.3, 0.4) is 0 Å². The number of rotatable bonds is 4. The average Bonchev–Trinajstić information content (AvgIpc) is 3.30. The number of likely N-dealkylation sites (tertiary alicyclic amines) is 1. The second-order valence-electron chi connectivity index (χ2n) is 7.50. The molecule has 0 bridgehead atoms. The zero-order valence-corrected chi connectivity index (χ0v) is 16.2. The maximum Gasteiger partial charge on any atom is 0.270 e. The van der Waals surface area contributed by atoms with E-state index in [1.54, 1.807) is 42.7 Å². The van der Waals surface area contributed by atoms with E-state index < -0.39 is 6.10 Å². The van der Waals surface area contributed by atoms with E-state index in [1.807, 2.05) is 9.80 Å². The number of aliphatic hydroxyl groups is 1. The lowest BCUT2D eigenvalue weighted by Gasteiger charge is -2.37. The van der Waals surface area contributed by atoms with Crippen LogP contribution in [-0.2, 0) is 0 Å². The number of aromatic nitrogens is 2. The third kappa shape index (κ3) is 4.37. The molecule has 0 spiro atoms. The number of nitrogens with zero attached hydrogens (tertiary/aromatic N) is 4. The fourth-order valence-electron chi connectivity index (χ4n) is 3.87. The minimum absolute atomic E-state index is 0.0317. The molecule has 2 aliphatic rings. The van der Waals surface area contributed by atoms with Crippen molar-refractivity contribution in [2.24, 2.45) is 0 Å². The minimum atomic E-state index is -0.740. The molecule has 2 aromatic rings. The largest absolute Gasteiger partial charge is 0.389 e. The molecule has 2 amide bonds. The van der Waals surface area contributed by atoms with Gasteiger partial charge in [0, 0.05) is 44.1 Å². The number of carbonyl (C=O) groups is 2. The molecule has 0 saturated carbocycles. The standard InChI is InChI=1S/C21H25N5O3/c27-18-14-26(12-7-16(18)24-20(28)17-5-1-2-8-22-17)19-13-15(6-9-23-19)21(29)25-10-3-4-11-25/h1-2,5-6,8-9,13,16,18,27H,3-4,7,10-12,14H2,(H,24,28)/t16-,18-/m1/s1. The topological polar surface area (TPSA) is 98.7 Å². The zero-order chi connectivity index (χ0) is 20.2. The van der Waals surface area contributed by atoms with Crippen molar-refractivity contribution in [1.82, 2.24) is 20.2 Å². The number of nitrogens with one attached hydrogen (secondary N) is 1. The fraction of sp³-hybridized carbons (Fsp3) is 0.429. The van der Waals surface area contributed by atoms with Gasteiger partial charge in [-0.05, 0) is 43.5 Å². The maximum atomic E-state index is 12.6. The van der Waals surface area contributed by atoms with Crippen LogP contribution >= 0.6 is 0 Å². The Morgan fingerprint density at radius 2 is 1.90 bits per heavy atom. The molecule has 8 heteroatoms. The summed E-state index contributed by atoms with van der Waals surface area (Å²) in [4.78, 5) is 37.2. The van der Waals surface area contributed by atoms with Crippen LogP contribution in [0.5, 0.6) is 0 Å². The Morgan fingerprint density at radius 1 is 1.07 bits per heavy atom. The van der Waals surface area contributed by atoms with Gasteiger partial charge in [-0.15, -0.1) is 0 Å². The first-order valence-corrected chi connectivity index (χ1v) is 10.0. The number of carbonyl (C=O) groups excluding carboxylic acids is 2. The van der Waals surface area contributed by atoms with E-state index in [4.69, 9.17) is 0 Å². The van der Waals surface area contributed by atoms with Crippen LogP contribution < -0.4 is 10.2 Å². The van der Waals surface area contributed by atoms with Crippen molar-refractivity contribution in [2.45, 2.75) is 31.4 Å². The number of β-amino-alcohol motifs (C(OH)–C–C–N with tert-alkyl or cyclic N) is 1. The van der Waals surface area contributed by atoms with Crippen molar-refractivity contribution in [1.29, 1.82) is 0 Å². The first-order chi connectivity index (χ1) is 14.1. The Labute approximate surface area is 169 Å². The summed E-state index contributed by atoms with van der Waals surface area (Å²) in [6.07, 6.45) is 5.14. The summed E-state index contributed by atoms with van der Waals surface area (Å²) in [5.74, 6) is 0.409. The van der Waals surface area contributed by atoms with Gasteiger partial charge < -0.3 is 20.2 Å². The number of pyridine rings is 2. The Hall–Kier alpha value is -3.00. The van der Waals surface area contributed by atoms with Crippen LogP contribution in [-0.4, -0.2) is 70.1 Å². The van der Waals surface area contributed by atoms with Gasteiger partial charge in [0.2, 0.25) is 0 Å². The van der Waals surface area contributed by atoms with Crippen LogP contribution in [0.4, 0.5) is 5.82 Å². The van der Waals surface area contributed by atoms with Gasteiger partial charge >= 0.3 is 0 Å². The Kier molecular flexibility index (Phi) is 5.71. The molecular weight excluding hydrogens is 370 g/mol. The first kappa shape index (κ1) is 19.3. The van der Waals surface area contributed by atoms with Gasteiger partial charge in [-0.1, -0.05) is 6.07 Å². The third-order valence-corrected chi connectivity index (χ3v) is 5.51.